The molecule has 3 heteroatoms. The van der Waals surface area contributed by atoms with Crippen molar-refractivity contribution in [3.63, 3.8) is 0 Å². The minimum Gasteiger partial charge on any atom is -0.392 e. The molecule has 0 aromatic carbocycles. The summed E-state index contributed by atoms with van der Waals surface area (Å²) in [5.41, 5.74) is 1.11. The van der Waals surface area contributed by atoms with E-state index >= 15 is 0 Å². The third-order valence-electron chi connectivity index (χ3n) is 2.03. The van der Waals surface area contributed by atoms with Crippen molar-refractivity contribution >= 4 is 5.71 Å². The molecule has 3 N–H and O–H groups in total. The third-order valence-corrected chi connectivity index (χ3v) is 2.03. The van der Waals surface area contributed by atoms with Gasteiger partial charge < -0.3 is 15.8 Å². The van der Waals surface area contributed by atoms with Crippen molar-refractivity contribution in [2.24, 2.45) is 5.92 Å². The fourth-order valence-corrected chi connectivity index (χ4v) is 0.943. The van der Waals surface area contributed by atoms with Crippen LogP contribution in [0.3, 0.4) is 0 Å². The van der Waals surface area contributed by atoms with Gasteiger partial charge >= 0.3 is 0 Å². The van der Waals surface area contributed by atoms with Crippen molar-refractivity contribution in [1.29, 1.82) is 5.41 Å². The van der Waals surface area contributed by atoms with Crippen molar-refractivity contribution in [1.82, 2.24) is 5.32 Å². The molecule has 0 spiro atoms. The first-order valence-electron chi connectivity index (χ1n) is 4.33. The molecule has 0 unspecified atom stereocenters. The molecular weight excluding hydrogens is 152 g/mol. The summed E-state index contributed by atoms with van der Waals surface area (Å²) in [7, 11) is 0. The standard InChI is InChI=1S/C9H16N2O/c1-7(10)9(6-12)5-11-4-8-2-3-8/h5,8,10-12H,2-4,6H2,1H3/b9-5-,10-7?. The van der Waals surface area contributed by atoms with E-state index in [4.69, 9.17) is 10.5 Å². The predicted molar refractivity (Wildman–Crippen MR) is 49.3 cm³/mol. The second-order valence-corrected chi connectivity index (χ2v) is 3.30. The van der Waals surface area contributed by atoms with Crippen LogP contribution < -0.4 is 5.32 Å². The topological polar surface area (TPSA) is 56.1 Å². The molecule has 1 aliphatic rings. The predicted octanol–water partition coefficient (Wildman–Crippen LogP) is 0.902. The molecule has 68 valence electrons. The normalized spacial score (nSPS) is 17.7. The monoisotopic (exact) mass is 168 g/mol. The first-order chi connectivity index (χ1) is 5.74. The van der Waals surface area contributed by atoms with Gasteiger partial charge in [0.2, 0.25) is 0 Å². The van der Waals surface area contributed by atoms with Crippen molar-refractivity contribution in [3.8, 4) is 0 Å². The average Bonchev–Trinajstić information content (AvgIpc) is 2.80. The van der Waals surface area contributed by atoms with Gasteiger partial charge in [0.1, 0.15) is 0 Å². The smallest absolute Gasteiger partial charge is 0.0713 e. The van der Waals surface area contributed by atoms with Gasteiger partial charge in [-0.3, -0.25) is 0 Å². The molecule has 0 atom stereocenters. The van der Waals surface area contributed by atoms with Crippen LogP contribution in [0.15, 0.2) is 11.8 Å². The lowest BCUT2D eigenvalue weighted by molar-refractivity contribution is 0.336. The van der Waals surface area contributed by atoms with Gasteiger partial charge in [0.15, 0.2) is 0 Å². The molecular formula is C9H16N2O. The van der Waals surface area contributed by atoms with Crippen LogP contribution in [0.25, 0.3) is 0 Å². The molecule has 1 aliphatic carbocycles. The molecule has 12 heavy (non-hydrogen) atoms. The van der Waals surface area contributed by atoms with Gasteiger partial charge in [-0.1, -0.05) is 0 Å². The zero-order chi connectivity index (χ0) is 8.97. The Morgan fingerprint density at radius 1 is 1.67 bits per heavy atom. The Morgan fingerprint density at radius 3 is 2.75 bits per heavy atom. The molecule has 0 bridgehead atoms. The van der Waals surface area contributed by atoms with Gasteiger partial charge in [-0.05, 0) is 25.7 Å². The van der Waals surface area contributed by atoms with Gasteiger partial charge in [-0.25, -0.2) is 0 Å². The molecule has 3 nitrogen and oxygen atoms in total. The van der Waals surface area contributed by atoms with Crippen LogP contribution in [0.5, 0.6) is 0 Å². The third kappa shape index (κ3) is 3.05. The minimum atomic E-state index is -0.0486. The molecule has 1 rings (SSSR count). The minimum absolute atomic E-state index is 0.0486. The maximum atomic E-state index is 8.83. The highest BCUT2D eigenvalue weighted by Crippen LogP contribution is 2.27. The molecule has 0 aromatic rings. The fraction of sp³-hybridized carbons (Fsp3) is 0.667. The number of hydrogen-bond donors (Lipinski definition) is 3. The Labute approximate surface area is 73.0 Å². The van der Waals surface area contributed by atoms with Crippen LogP contribution in [0.1, 0.15) is 19.8 Å². The number of rotatable bonds is 5. The SMILES string of the molecule is CC(=N)/C(=C\NCC1CC1)CO. The van der Waals surface area contributed by atoms with Crippen LogP contribution in [-0.2, 0) is 0 Å². The lowest BCUT2D eigenvalue weighted by Crippen LogP contribution is -2.13. The highest BCUT2D eigenvalue weighted by molar-refractivity contribution is 5.95. The molecule has 0 aliphatic heterocycles. The van der Waals surface area contributed by atoms with E-state index in [0.29, 0.717) is 11.3 Å². The second kappa shape index (κ2) is 4.26. The van der Waals surface area contributed by atoms with E-state index in [9.17, 15) is 0 Å². The van der Waals surface area contributed by atoms with Crippen LogP contribution in [0, 0.1) is 11.3 Å². The number of nitrogens with one attached hydrogen (secondary N) is 2. The van der Waals surface area contributed by atoms with Crippen LogP contribution in [0.4, 0.5) is 0 Å². The number of aliphatic hydroxyl groups excluding tert-OH is 1. The van der Waals surface area contributed by atoms with E-state index < -0.39 is 0 Å². The summed E-state index contributed by atoms with van der Waals surface area (Å²) in [6.45, 7) is 2.62. The van der Waals surface area contributed by atoms with Gasteiger partial charge in [0, 0.05) is 24.0 Å². The number of aliphatic hydroxyl groups is 1. The van der Waals surface area contributed by atoms with Gasteiger partial charge in [-0.2, -0.15) is 0 Å². The quantitative estimate of drug-likeness (QED) is 0.534. The Kier molecular flexibility index (Phi) is 3.29. The average molecular weight is 168 g/mol. The molecule has 0 heterocycles. The first kappa shape index (κ1) is 9.26. The van der Waals surface area contributed by atoms with E-state index in [-0.39, 0.29) is 6.61 Å². The van der Waals surface area contributed by atoms with Crippen LogP contribution >= 0.6 is 0 Å². The summed E-state index contributed by atoms with van der Waals surface area (Å²) in [6, 6.07) is 0. The number of hydrogen-bond acceptors (Lipinski definition) is 3. The summed E-state index contributed by atoms with van der Waals surface area (Å²) in [5.74, 6) is 0.826. The Morgan fingerprint density at radius 2 is 2.33 bits per heavy atom. The molecule has 0 amide bonds. The summed E-state index contributed by atoms with van der Waals surface area (Å²) in [4.78, 5) is 0. The second-order valence-electron chi connectivity index (χ2n) is 3.30. The first-order valence-corrected chi connectivity index (χ1v) is 4.33. The zero-order valence-electron chi connectivity index (χ0n) is 7.43. The van der Waals surface area contributed by atoms with Crippen molar-refractivity contribution in [3.05, 3.63) is 11.8 Å². The molecule has 0 saturated heterocycles. The lowest BCUT2D eigenvalue weighted by Gasteiger charge is -2.02. The van der Waals surface area contributed by atoms with Crippen LogP contribution in [0.2, 0.25) is 0 Å². The summed E-state index contributed by atoms with van der Waals surface area (Å²) in [5, 5.41) is 19.2. The Hall–Kier alpha value is -0.830. The summed E-state index contributed by atoms with van der Waals surface area (Å²) < 4.78 is 0. The van der Waals surface area contributed by atoms with Crippen molar-refractivity contribution in [2.75, 3.05) is 13.2 Å². The molecule has 0 radical (unpaired) electrons. The van der Waals surface area contributed by atoms with E-state index in [0.717, 1.165) is 12.5 Å². The molecule has 0 aromatic heterocycles. The highest BCUT2D eigenvalue weighted by atomic mass is 16.3. The van der Waals surface area contributed by atoms with Gasteiger partial charge in [-0.15, -0.1) is 0 Å². The lowest BCUT2D eigenvalue weighted by atomic mass is 10.2. The zero-order valence-corrected chi connectivity index (χ0v) is 7.43. The van der Waals surface area contributed by atoms with Crippen molar-refractivity contribution in [2.45, 2.75) is 19.8 Å². The van der Waals surface area contributed by atoms with Crippen LogP contribution in [-0.4, -0.2) is 24.0 Å². The van der Waals surface area contributed by atoms with E-state index in [2.05, 4.69) is 5.32 Å². The van der Waals surface area contributed by atoms with E-state index in [1.165, 1.54) is 12.8 Å². The maximum Gasteiger partial charge on any atom is 0.0713 e. The summed E-state index contributed by atoms with van der Waals surface area (Å²) in [6.07, 6.45) is 4.39. The van der Waals surface area contributed by atoms with Gasteiger partial charge in [0.05, 0.1) is 6.61 Å². The van der Waals surface area contributed by atoms with Crippen molar-refractivity contribution < 1.29 is 5.11 Å². The van der Waals surface area contributed by atoms with Gasteiger partial charge in [0.25, 0.3) is 0 Å². The molecule has 1 saturated carbocycles. The van der Waals surface area contributed by atoms with E-state index in [1.807, 2.05) is 0 Å². The Balaban J connectivity index is 2.24. The fourth-order valence-electron chi connectivity index (χ4n) is 0.943. The Bertz CT molecular complexity index is 195. The molecule has 1 fully saturated rings. The largest absolute Gasteiger partial charge is 0.392 e. The highest BCUT2D eigenvalue weighted by Gasteiger charge is 2.19. The van der Waals surface area contributed by atoms with E-state index in [1.54, 1.807) is 13.1 Å². The maximum absolute atomic E-state index is 8.83. The summed E-state index contributed by atoms with van der Waals surface area (Å²) >= 11 is 0.